The number of carbonyl (C=O) groups is 1. The fourth-order valence-corrected chi connectivity index (χ4v) is 4.27. The number of unbranched alkanes of at least 4 members (excludes halogenated alkanes) is 16. The molecule has 0 aliphatic heterocycles. The maximum absolute atomic E-state index is 11.8. The van der Waals surface area contributed by atoms with E-state index in [1.807, 2.05) is 0 Å². The predicted octanol–water partition coefficient (Wildman–Crippen LogP) is 8.44. The Hall–Kier alpha value is -0.690. The molecule has 0 saturated heterocycles. The zero-order chi connectivity index (χ0) is 27.6. The third-order valence-electron chi connectivity index (χ3n) is 6.69. The average molecular weight is 545 g/mol. The van der Waals surface area contributed by atoms with Crippen molar-refractivity contribution >= 4 is 5.97 Å². The molecular formula is C32H64O6. The molecule has 0 heterocycles. The van der Waals surface area contributed by atoms with E-state index in [1.54, 1.807) is 0 Å². The minimum absolute atomic E-state index is 0.110. The summed E-state index contributed by atoms with van der Waals surface area (Å²) in [4.78, 5) is 11.8. The summed E-state index contributed by atoms with van der Waals surface area (Å²) in [6.07, 6.45) is 24.7. The van der Waals surface area contributed by atoms with Crippen LogP contribution < -0.4 is 0 Å². The summed E-state index contributed by atoms with van der Waals surface area (Å²) in [5, 5.41) is 0. The Bertz CT molecular complexity index is 446. The molecule has 0 aliphatic rings. The second kappa shape index (κ2) is 34.3. The summed E-state index contributed by atoms with van der Waals surface area (Å²) in [7, 11) is 0. The molecular weight excluding hydrogens is 480 g/mol. The number of esters is 1. The van der Waals surface area contributed by atoms with Crippen molar-refractivity contribution in [2.24, 2.45) is 0 Å². The van der Waals surface area contributed by atoms with E-state index in [0.29, 0.717) is 65.7 Å². The summed E-state index contributed by atoms with van der Waals surface area (Å²) in [5.41, 5.74) is 0. The highest BCUT2D eigenvalue weighted by molar-refractivity contribution is 5.69. The first-order chi connectivity index (χ1) is 18.8. The molecule has 38 heavy (non-hydrogen) atoms. The monoisotopic (exact) mass is 544 g/mol. The number of ether oxygens (including phenoxy) is 5. The first kappa shape index (κ1) is 37.3. The first-order valence-corrected chi connectivity index (χ1v) is 16.3. The lowest BCUT2D eigenvalue weighted by Crippen LogP contribution is -2.12. The van der Waals surface area contributed by atoms with Gasteiger partial charge in [-0.1, -0.05) is 117 Å². The Labute approximate surface area is 236 Å². The van der Waals surface area contributed by atoms with Crippen LogP contribution in [0.4, 0.5) is 0 Å². The van der Waals surface area contributed by atoms with E-state index in [-0.39, 0.29) is 5.97 Å². The Kier molecular flexibility index (Phi) is 33.7. The van der Waals surface area contributed by atoms with Crippen LogP contribution in [0.5, 0.6) is 0 Å². The molecule has 0 amide bonds. The minimum Gasteiger partial charge on any atom is -0.466 e. The van der Waals surface area contributed by atoms with E-state index in [1.165, 1.54) is 96.3 Å². The van der Waals surface area contributed by atoms with E-state index in [9.17, 15) is 4.79 Å². The molecule has 0 aromatic rings. The van der Waals surface area contributed by atoms with Crippen molar-refractivity contribution in [2.75, 3.05) is 59.5 Å². The number of rotatable bonds is 33. The van der Waals surface area contributed by atoms with Gasteiger partial charge in [-0.15, -0.1) is 0 Å². The maximum Gasteiger partial charge on any atom is 0.305 e. The van der Waals surface area contributed by atoms with Gasteiger partial charge in [0.15, 0.2) is 0 Å². The van der Waals surface area contributed by atoms with Gasteiger partial charge < -0.3 is 23.7 Å². The molecule has 228 valence electrons. The van der Waals surface area contributed by atoms with Crippen LogP contribution in [-0.4, -0.2) is 65.4 Å². The van der Waals surface area contributed by atoms with E-state index in [4.69, 9.17) is 23.7 Å². The Morgan fingerprint density at radius 3 is 1.13 bits per heavy atom. The quantitative estimate of drug-likeness (QED) is 0.0610. The zero-order valence-corrected chi connectivity index (χ0v) is 25.5. The van der Waals surface area contributed by atoms with E-state index >= 15 is 0 Å². The van der Waals surface area contributed by atoms with Crippen LogP contribution in [-0.2, 0) is 28.5 Å². The summed E-state index contributed by atoms with van der Waals surface area (Å²) >= 11 is 0. The largest absolute Gasteiger partial charge is 0.466 e. The predicted molar refractivity (Wildman–Crippen MR) is 158 cm³/mol. The second-order valence-electron chi connectivity index (χ2n) is 10.4. The standard InChI is InChI=1S/C32H64O6/c1-3-5-7-9-10-11-12-13-14-15-16-17-18-20-25-38-32(33)22-21-24-35-27-29-37-31-30-36-28-26-34-23-19-8-6-4-2/h3-31H2,1-2H3. The van der Waals surface area contributed by atoms with Crippen molar-refractivity contribution in [1.29, 1.82) is 0 Å². The summed E-state index contributed by atoms with van der Waals surface area (Å²) in [5.74, 6) is -0.110. The lowest BCUT2D eigenvalue weighted by Gasteiger charge is -2.08. The van der Waals surface area contributed by atoms with Gasteiger partial charge in [0.2, 0.25) is 0 Å². The fraction of sp³-hybridized carbons (Fsp3) is 0.969. The smallest absolute Gasteiger partial charge is 0.305 e. The van der Waals surface area contributed by atoms with E-state index in [0.717, 1.165) is 25.9 Å². The van der Waals surface area contributed by atoms with Gasteiger partial charge in [0.1, 0.15) is 0 Å². The zero-order valence-electron chi connectivity index (χ0n) is 25.5. The second-order valence-corrected chi connectivity index (χ2v) is 10.4. The summed E-state index contributed by atoms with van der Waals surface area (Å²) in [6, 6.07) is 0. The Balaban J connectivity index is 3.14. The van der Waals surface area contributed by atoms with Crippen molar-refractivity contribution < 1.29 is 28.5 Å². The highest BCUT2D eigenvalue weighted by Crippen LogP contribution is 2.13. The van der Waals surface area contributed by atoms with Gasteiger partial charge in [0, 0.05) is 19.6 Å². The number of hydrogen-bond donors (Lipinski definition) is 0. The molecule has 0 fully saturated rings. The number of hydrogen-bond acceptors (Lipinski definition) is 6. The van der Waals surface area contributed by atoms with Gasteiger partial charge in [-0.05, 0) is 19.3 Å². The molecule has 0 rings (SSSR count). The molecule has 0 N–H and O–H groups in total. The van der Waals surface area contributed by atoms with E-state index in [2.05, 4.69) is 13.8 Å². The SMILES string of the molecule is CCCCCCCCCCCCCCCCOC(=O)CCCOCCOCCOCCOCCCCCC. The lowest BCUT2D eigenvalue weighted by molar-refractivity contribution is -0.144. The molecule has 0 unspecified atom stereocenters. The van der Waals surface area contributed by atoms with Crippen molar-refractivity contribution in [3.05, 3.63) is 0 Å². The van der Waals surface area contributed by atoms with Gasteiger partial charge in [-0.2, -0.15) is 0 Å². The first-order valence-electron chi connectivity index (χ1n) is 16.3. The van der Waals surface area contributed by atoms with Gasteiger partial charge in [0.25, 0.3) is 0 Å². The molecule has 0 aromatic carbocycles. The molecule has 0 bridgehead atoms. The minimum atomic E-state index is -0.110. The van der Waals surface area contributed by atoms with Crippen LogP contribution in [0.1, 0.15) is 142 Å². The van der Waals surface area contributed by atoms with Crippen LogP contribution >= 0.6 is 0 Å². The van der Waals surface area contributed by atoms with Crippen LogP contribution in [0.3, 0.4) is 0 Å². The van der Waals surface area contributed by atoms with Crippen LogP contribution in [0.25, 0.3) is 0 Å². The van der Waals surface area contributed by atoms with Gasteiger partial charge in [-0.3, -0.25) is 4.79 Å². The lowest BCUT2D eigenvalue weighted by atomic mass is 10.0. The van der Waals surface area contributed by atoms with E-state index < -0.39 is 0 Å². The summed E-state index contributed by atoms with van der Waals surface area (Å²) < 4.78 is 27.4. The summed E-state index contributed by atoms with van der Waals surface area (Å²) in [6.45, 7) is 9.91. The topological polar surface area (TPSA) is 63.2 Å². The van der Waals surface area contributed by atoms with Gasteiger partial charge in [-0.25, -0.2) is 0 Å². The highest BCUT2D eigenvalue weighted by atomic mass is 16.6. The van der Waals surface area contributed by atoms with Crippen LogP contribution in [0.15, 0.2) is 0 Å². The maximum atomic E-state index is 11.8. The molecule has 0 aliphatic carbocycles. The molecule has 0 aromatic heterocycles. The number of carbonyl (C=O) groups excluding carboxylic acids is 1. The molecule has 6 heteroatoms. The molecule has 0 saturated carbocycles. The van der Waals surface area contributed by atoms with Crippen LogP contribution in [0, 0.1) is 0 Å². The molecule has 0 atom stereocenters. The van der Waals surface area contributed by atoms with Crippen molar-refractivity contribution in [3.8, 4) is 0 Å². The average Bonchev–Trinajstić information content (AvgIpc) is 2.92. The third-order valence-corrected chi connectivity index (χ3v) is 6.69. The van der Waals surface area contributed by atoms with Gasteiger partial charge >= 0.3 is 5.97 Å². The Morgan fingerprint density at radius 1 is 0.368 bits per heavy atom. The van der Waals surface area contributed by atoms with Crippen LogP contribution in [0.2, 0.25) is 0 Å². The Morgan fingerprint density at radius 2 is 0.684 bits per heavy atom. The molecule has 0 radical (unpaired) electrons. The molecule has 0 spiro atoms. The van der Waals surface area contributed by atoms with Crippen molar-refractivity contribution in [2.45, 2.75) is 142 Å². The third kappa shape index (κ3) is 33.3. The van der Waals surface area contributed by atoms with Gasteiger partial charge in [0.05, 0.1) is 46.2 Å². The molecule has 6 nitrogen and oxygen atoms in total. The van der Waals surface area contributed by atoms with Crippen molar-refractivity contribution in [1.82, 2.24) is 0 Å². The normalized spacial score (nSPS) is 11.3. The fourth-order valence-electron chi connectivity index (χ4n) is 4.27. The van der Waals surface area contributed by atoms with Crippen molar-refractivity contribution in [3.63, 3.8) is 0 Å². The highest BCUT2D eigenvalue weighted by Gasteiger charge is 2.03.